The van der Waals surface area contributed by atoms with Crippen LogP contribution in [0.2, 0.25) is 0 Å². The number of pyridine rings is 1. The van der Waals surface area contributed by atoms with Crippen molar-refractivity contribution in [1.29, 1.82) is 5.26 Å². The Morgan fingerprint density at radius 3 is 2.37 bits per heavy atom. The maximum atomic E-state index is 14.7. The summed E-state index contributed by atoms with van der Waals surface area (Å²) < 4.78 is 60.2. The molecule has 1 aliphatic rings. The van der Waals surface area contributed by atoms with Crippen LogP contribution in [0, 0.1) is 24.1 Å². The fraction of sp³-hybridized carbons (Fsp3) is 0.241. The fourth-order valence-corrected chi connectivity index (χ4v) is 4.36. The Bertz CT molecular complexity index is 1720. The molecule has 2 heterocycles. The van der Waals surface area contributed by atoms with Gasteiger partial charge >= 0.3 is 6.18 Å². The van der Waals surface area contributed by atoms with Gasteiger partial charge in [-0.2, -0.15) is 23.4 Å². The molecule has 2 amide bonds. The molecule has 0 radical (unpaired) electrons. The van der Waals surface area contributed by atoms with Gasteiger partial charge in [0.1, 0.15) is 29.5 Å². The molecule has 12 heteroatoms. The van der Waals surface area contributed by atoms with Gasteiger partial charge in [0, 0.05) is 18.2 Å². The van der Waals surface area contributed by atoms with Crippen LogP contribution < -0.4 is 16.0 Å². The molecule has 0 atom stereocenters. The molecule has 2 aromatic heterocycles. The molecular weight excluding hydrogens is 542 g/mol. The van der Waals surface area contributed by atoms with Crippen LogP contribution in [0.5, 0.6) is 0 Å². The minimum atomic E-state index is -4.60. The highest BCUT2D eigenvalue weighted by Crippen LogP contribution is 2.39. The Morgan fingerprint density at radius 2 is 1.76 bits per heavy atom. The van der Waals surface area contributed by atoms with Crippen molar-refractivity contribution in [2.45, 2.75) is 31.5 Å². The first-order valence-corrected chi connectivity index (χ1v) is 12.5. The lowest BCUT2D eigenvalue weighted by Gasteiger charge is -2.15. The first kappa shape index (κ1) is 27.6. The second kappa shape index (κ2) is 10.2. The van der Waals surface area contributed by atoms with Crippen LogP contribution in [0.3, 0.4) is 0 Å². The van der Waals surface area contributed by atoms with E-state index in [1.165, 1.54) is 25.2 Å². The van der Waals surface area contributed by atoms with E-state index in [1.807, 2.05) is 25.1 Å². The third kappa shape index (κ3) is 5.56. The molecule has 2 aromatic carbocycles. The smallest absolute Gasteiger partial charge is 0.405 e. The first-order valence-electron chi connectivity index (χ1n) is 12.5. The van der Waals surface area contributed by atoms with E-state index in [0.717, 1.165) is 11.6 Å². The predicted molar refractivity (Wildman–Crippen MR) is 143 cm³/mol. The molecule has 0 spiro atoms. The number of rotatable bonds is 7. The average molecular weight is 566 g/mol. The van der Waals surface area contributed by atoms with E-state index in [9.17, 15) is 32.4 Å². The lowest BCUT2D eigenvalue weighted by atomic mass is 9.99. The molecular formula is C29H23F4N5O3. The highest BCUT2D eigenvalue weighted by molar-refractivity contribution is 6.11. The van der Waals surface area contributed by atoms with Gasteiger partial charge in [-0.3, -0.25) is 9.59 Å². The van der Waals surface area contributed by atoms with Crippen molar-refractivity contribution >= 4 is 28.7 Å². The van der Waals surface area contributed by atoms with Crippen LogP contribution in [-0.4, -0.2) is 42.1 Å². The third-order valence-electron chi connectivity index (χ3n) is 6.75. The molecule has 1 fully saturated rings. The summed E-state index contributed by atoms with van der Waals surface area (Å²) in [6, 6.07) is 14.0. The third-order valence-corrected chi connectivity index (χ3v) is 6.75. The number of nitrogens with one attached hydrogen (secondary N) is 3. The van der Waals surface area contributed by atoms with E-state index < -0.39 is 41.5 Å². The van der Waals surface area contributed by atoms with Gasteiger partial charge in [0.05, 0.1) is 22.6 Å². The molecule has 0 aliphatic heterocycles. The number of aromatic nitrogens is 1. The number of carbonyl (C=O) groups excluding carboxylic acids is 2. The zero-order valence-corrected chi connectivity index (χ0v) is 21.9. The number of amides is 2. The standard InChI is InChI=1S/C29H23F4N5O3/c1-15-3-5-16(6-4-15)23-22(26(40)35-2)20-12-18(24(37-27(20)41-23)36-14-29(31,32)33)17-7-8-21(30)19(11-17)25(39)38-28(13-34)9-10-28/h3-8,11-12H,9-10,14H2,1-2H3,(H,35,40)(H,36,37)(H,38,39). The Balaban J connectivity index is 1.69. The minimum absolute atomic E-state index is 0.0682. The van der Waals surface area contributed by atoms with Crippen LogP contribution >= 0.6 is 0 Å². The molecule has 3 N–H and O–H groups in total. The summed E-state index contributed by atoms with van der Waals surface area (Å²) in [5.74, 6) is -2.33. The van der Waals surface area contributed by atoms with Crippen molar-refractivity contribution in [2.24, 2.45) is 0 Å². The number of hydrogen-bond donors (Lipinski definition) is 3. The molecule has 5 rings (SSSR count). The van der Waals surface area contributed by atoms with E-state index in [1.54, 1.807) is 12.1 Å². The molecule has 41 heavy (non-hydrogen) atoms. The van der Waals surface area contributed by atoms with Gasteiger partial charge in [-0.15, -0.1) is 0 Å². The largest absolute Gasteiger partial charge is 0.437 e. The van der Waals surface area contributed by atoms with Crippen molar-refractivity contribution in [3.63, 3.8) is 0 Å². The summed E-state index contributed by atoms with van der Waals surface area (Å²) in [6.07, 6.45) is -3.75. The zero-order valence-electron chi connectivity index (χ0n) is 21.9. The summed E-state index contributed by atoms with van der Waals surface area (Å²) in [4.78, 5) is 30.1. The molecule has 8 nitrogen and oxygen atoms in total. The molecule has 1 saturated carbocycles. The number of hydrogen-bond acceptors (Lipinski definition) is 6. The summed E-state index contributed by atoms with van der Waals surface area (Å²) in [6.45, 7) is 0.447. The zero-order chi connectivity index (χ0) is 29.5. The normalized spacial score (nSPS) is 13.9. The molecule has 0 bridgehead atoms. The molecule has 210 valence electrons. The van der Waals surface area contributed by atoms with E-state index in [4.69, 9.17) is 4.42 Å². The van der Waals surface area contributed by atoms with Crippen LogP contribution in [0.15, 0.2) is 52.9 Å². The van der Waals surface area contributed by atoms with Crippen LogP contribution in [0.25, 0.3) is 33.6 Å². The summed E-state index contributed by atoms with van der Waals surface area (Å²) in [5.41, 5.74) is 0.270. The van der Waals surface area contributed by atoms with Crippen molar-refractivity contribution in [3.05, 3.63) is 71.0 Å². The second-order valence-corrected chi connectivity index (χ2v) is 9.80. The van der Waals surface area contributed by atoms with Gasteiger partial charge in [0.15, 0.2) is 0 Å². The van der Waals surface area contributed by atoms with Crippen molar-refractivity contribution < 1.29 is 31.6 Å². The number of nitriles is 1. The lowest BCUT2D eigenvalue weighted by Crippen LogP contribution is -2.36. The number of anilines is 1. The van der Waals surface area contributed by atoms with Crippen LogP contribution in [0.1, 0.15) is 39.1 Å². The quantitative estimate of drug-likeness (QED) is 0.246. The van der Waals surface area contributed by atoms with Crippen LogP contribution in [0.4, 0.5) is 23.4 Å². The van der Waals surface area contributed by atoms with Gasteiger partial charge in [0.2, 0.25) is 5.71 Å². The molecule has 0 unspecified atom stereocenters. The van der Waals surface area contributed by atoms with E-state index in [0.29, 0.717) is 18.4 Å². The molecule has 4 aromatic rings. The maximum absolute atomic E-state index is 14.7. The number of aryl methyl sites for hydroxylation is 1. The number of nitrogens with zero attached hydrogens (tertiary/aromatic N) is 2. The minimum Gasteiger partial charge on any atom is -0.437 e. The number of halogens is 4. The van der Waals surface area contributed by atoms with Crippen molar-refractivity contribution in [3.8, 4) is 28.5 Å². The van der Waals surface area contributed by atoms with E-state index in [-0.39, 0.29) is 39.4 Å². The Kier molecular flexibility index (Phi) is 6.90. The van der Waals surface area contributed by atoms with Gasteiger partial charge in [-0.1, -0.05) is 35.9 Å². The van der Waals surface area contributed by atoms with Crippen molar-refractivity contribution in [2.75, 3.05) is 18.9 Å². The lowest BCUT2D eigenvalue weighted by molar-refractivity contribution is -0.115. The van der Waals surface area contributed by atoms with Gasteiger partial charge in [-0.05, 0) is 43.5 Å². The van der Waals surface area contributed by atoms with E-state index in [2.05, 4.69) is 20.9 Å². The monoisotopic (exact) mass is 565 g/mol. The van der Waals surface area contributed by atoms with Crippen molar-refractivity contribution in [1.82, 2.24) is 15.6 Å². The highest BCUT2D eigenvalue weighted by atomic mass is 19.4. The summed E-state index contributed by atoms with van der Waals surface area (Å²) >= 11 is 0. The summed E-state index contributed by atoms with van der Waals surface area (Å²) in [5, 5.41) is 16.8. The molecule has 0 saturated heterocycles. The Hall–Kier alpha value is -4.92. The topological polar surface area (TPSA) is 120 Å². The number of alkyl halides is 3. The SMILES string of the molecule is CNC(=O)c1c(-c2ccc(C)cc2)oc2nc(NCC(F)(F)F)c(-c3ccc(F)c(C(=O)NC4(C#N)CC4)c3)cc12. The molecule has 1 aliphatic carbocycles. The second-order valence-electron chi connectivity index (χ2n) is 9.80. The number of furan rings is 1. The fourth-order valence-electron chi connectivity index (χ4n) is 4.36. The van der Waals surface area contributed by atoms with Gasteiger partial charge in [-0.25, -0.2) is 4.39 Å². The van der Waals surface area contributed by atoms with E-state index >= 15 is 0 Å². The van der Waals surface area contributed by atoms with Crippen LogP contribution in [-0.2, 0) is 0 Å². The number of benzene rings is 2. The van der Waals surface area contributed by atoms with Gasteiger partial charge in [0.25, 0.3) is 11.8 Å². The maximum Gasteiger partial charge on any atom is 0.405 e. The average Bonchev–Trinajstić information content (AvgIpc) is 3.62. The predicted octanol–water partition coefficient (Wildman–Crippen LogP) is 5.73. The first-order chi connectivity index (χ1) is 19.4. The highest BCUT2D eigenvalue weighted by Gasteiger charge is 2.45. The van der Waals surface area contributed by atoms with Gasteiger partial charge < -0.3 is 20.4 Å². The number of carbonyl (C=O) groups is 2. The Morgan fingerprint density at radius 1 is 1.07 bits per heavy atom. The number of fused-ring (bicyclic) bond motifs is 1. The summed E-state index contributed by atoms with van der Waals surface area (Å²) in [7, 11) is 1.42. The Labute approximate surface area is 231 Å².